The van der Waals surface area contributed by atoms with Gasteiger partial charge in [0.1, 0.15) is 0 Å². The summed E-state index contributed by atoms with van der Waals surface area (Å²) in [4.78, 5) is 0. The van der Waals surface area contributed by atoms with E-state index < -0.39 is 0 Å². The van der Waals surface area contributed by atoms with Gasteiger partial charge in [0.25, 0.3) is 0 Å². The summed E-state index contributed by atoms with van der Waals surface area (Å²) in [6, 6.07) is 8.87. The maximum atomic E-state index is 2.40. The molecule has 0 fully saturated rings. The molecule has 1 aliphatic rings. The molecule has 0 aliphatic heterocycles. The zero-order valence-corrected chi connectivity index (χ0v) is 14.4. The smallest absolute Gasteiger partial charge is 1.00 e. The number of hydrogen-bond donors (Lipinski definition) is 0. The summed E-state index contributed by atoms with van der Waals surface area (Å²) >= 11 is 1.22. The zero-order chi connectivity index (χ0) is 9.97. The van der Waals surface area contributed by atoms with E-state index in [9.17, 15) is 0 Å². The minimum atomic E-state index is 0. The molecule has 3 heteroatoms. The molecule has 0 nitrogen and oxygen atoms in total. The first kappa shape index (κ1) is 16.4. The summed E-state index contributed by atoms with van der Waals surface area (Å²) in [7, 11) is 0. The Morgan fingerprint density at radius 3 is 2.56 bits per heavy atom. The third-order valence-corrected chi connectivity index (χ3v) is 4.67. The fourth-order valence-corrected chi connectivity index (χ4v) is 3.75. The number of allylic oxidation sites excluding steroid dienone is 1. The van der Waals surface area contributed by atoms with Crippen molar-refractivity contribution >= 4 is 6.08 Å². The van der Waals surface area contributed by atoms with Gasteiger partial charge in [0.2, 0.25) is 0 Å². The van der Waals surface area contributed by atoms with Crippen LogP contribution in [0.15, 0.2) is 27.6 Å². The summed E-state index contributed by atoms with van der Waals surface area (Å²) in [5.41, 5.74) is 3.05. The van der Waals surface area contributed by atoms with Crippen LogP contribution in [0.1, 0.15) is 43.2 Å². The summed E-state index contributed by atoms with van der Waals surface area (Å²) in [5, 5.41) is 0. The molecule has 0 N–H and O–H groups in total. The Bertz CT molecular complexity index is 361. The van der Waals surface area contributed by atoms with Crippen molar-refractivity contribution in [3.63, 3.8) is 0 Å². The molecule has 0 heterocycles. The minimum absolute atomic E-state index is 0. The quantitative estimate of drug-likeness (QED) is 0.490. The van der Waals surface area contributed by atoms with Gasteiger partial charge in [-0.25, -0.2) is 0 Å². The number of unbranched alkanes of at least 4 members (excludes halogenated alkanes) is 1. The molecule has 0 radical (unpaired) electrons. The van der Waals surface area contributed by atoms with Crippen LogP contribution in [-0.2, 0) is 24.4 Å². The monoisotopic (exact) mass is 421 g/mol. The van der Waals surface area contributed by atoms with Gasteiger partial charge in [0.15, 0.2) is 0 Å². The van der Waals surface area contributed by atoms with E-state index in [0.29, 0.717) is 0 Å². The SMILES string of the molecule is CCCCC1[C]([Hf+2])=Cc2ccccc21.[Cl-].[Cl-]. The summed E-state index contributed by atoms with van der Waals surface area (Å²) in [6.45, 7) is 2.28. The second kappa shape index (κ2) is 7.68. The predicted octanol–water partition coefficient (Wildman–Crippen LogP) is -2.13. The zero-order valence-electron chi connectivity index (χ0n) is 9.34. The van der Waals surface area contributed by atoms with Crippen molar-refractivity contribution in [2.24, 2.45) is 0 Å². The summed E-state index contributed by atoms with van der Waals surface area (Å²) < 4.78 is 1.68. The topological polar surface area (TPSA) is 0 Å². The molecular weight excluding hydrogens is 406 g/mol. The molecule has 1 aromatic rings. The van der Waals surface area contributed by atoms with E-state index in [1.807, 2.05) is 0 Å². The first-order valence-electron chi connectivity index (χ1n) is 5.35. The van der Waals surface area contributed by atoms with Gasteiger partial charge in [-0.3, -0.25) is 0 Å². The van der Waals surface area contributed by atoms with Gasteiger partial charge >= 0.3 is 101 Å². The number of hydrogen-bond acceptors (Lipinski definition) is 0. The third kappa shape index (κ3) is 3.45. The standard InChI is InChI=1S/C13H15.2ClH.Hf/c1-2-3-6-11-9-10-12-7-4-5-8-13(11)12;;;/h4-5,7-8,10-11H,2-3,6H2,1H3;2*1H;/q;;;+2/p-2. The van der Waals surface area contributed by atoms with Crippen molar-refractivity contribution in [1.29, 1.82) is 0 Å². The average Bonchev–Trinajstić information content (AvgIpc) is 2.51. The molecule has 0 spiro atoms. The molecule has 0 bridgehead atoms. The van der Waals surface area contributed by atoms with Crippen LogP contribution in [-0.4, -0.2) is 0 Å². The summed E-state index contributed by atoms with van der Waals surface area (Å²) in [6.07, 6.45) is 6.43. The molecule has 0 saturated heterocycles. The molecule has 1 aliphatic carbocycles. The van der Waals surface area contributed by atoms with E-state index in [-0.39, 0.29) is 24.8 Å². The molecule has 1 aromatic carbocycles. The Morgan fingerprint density at radius 1 is 1.19 bits per heavy atom. The van der Waals surface area contributed by atoms with Gasteiger partial charge in [-0.15, -0.1) is 0 Å². The van der Waals surface area contributed by atoms with E-state index in [4.69, 9.17) is 0 Å². The molecule has 1 unspecified atom stereocenters. The Hall–Kier alpha value is 0.410. The van der Waals surface area contributed by atoms with Crippen LogP contribution in [0.25, 0.3) is 6.08 Å². The van der Waals surface area contributed by atoms with Crippen LogP contribution in [0.5, 0.6) is 0 Å². The van der Waals surface area contributed by atoms with Gasteiger partial charge in [-0.2, -0.15) is 0 Å². The number of rotatable bonds is 3. The molecule has 0 amide bonds. The number of fused-ring (bicyclic) bond motifs is 1. The fraction of sp³-hybridized carbons (Fsp3) is 0.385. The molecule has 0 aromatic heterocycles. The van der Waals surface area contributed by atoms with Gasteiger partial charge in [-0.1, -0.05) is 0 Å². The van der Waals surface area contributed by atoms with Crippen molar-refractivity contribution in [2.45, 2.75) is 32.1 Å². The van der Waals surface area contributed by atoms with E-state index >= 15 is 0 Å². The number of halogens is 2. The third-order valence-electron chi connectivity index (χ3n) is 2.90. The van der Waals surface area contributed by atoms with E-state index in [2.05, 4.69) is 37.3 Å². The molecular formula is C13H15Cl2Hf. The van der Waals surface area contributed by atoms with Gasteiger partial charge < -0.3 is 24.8 Å². The van der Waals surface area contributed by atoms with E-state index in [1.54, 1.807) is 8.89 Å². The van der Waals surface area contributed by atoms with Crippen LogP contribution in [0.4, 0.5) is 0 Å². The van der Waals surface area contributed by atoms with E-state index in [0.717, 1.165) is 5.92 Å². The van der Waals surface area contributed by atoms with Crippen LogP contribution in [0, 0.1) is 0 Å². The average molecular weight is 421 g/mol. The van der Waals surface area contributed by atoms with Gasteiger partial charge in [0, 0.05) is 0 Å². The Kier molecular flexibility index (Phi) is 7.88. The maximum absolute atomic E-state index is 2.40. The molecule has 1 atom stereocenters. The van der Waals surface area contributed by atoms with E-state index in [1.165, 1.54) is 49.2 Å². The van der Waals surface area contributed by atoms with Crippen LogP contribution >= 0.6 is 0 Å². The van der Waals surface area contributed by atoms with Gasteiger partial charge in [-0.05, 0) is 0 Å². The van der Waals surface area contributed by atoms with Crippen molar-refractivity contribution in [3.8, 4) is 0 Å². The fourth-order valence-electron chi connectivity index (χ4n) is 2.11. The Morgan fingerprint density at radius 2 is 1.88 bits per heavy atom. The minimum Gasteiger partial charge on any atom is -1.00 e. The molecule has 85 valence electrons. The molecule has 16 heavy (non-hydrogen) atoms. The largest absolute Gasteiger partial charge is 1.00 e. The van der Waals surface area contributed by atoms with Crippen molar-refractivity contribution < 1.29 is 49.2 Å². The van der Waals surface area contributed by atoms with Crippen molar-refractivity contribution in [2.75, 3.05) is 0 Å². The predicted molar refractivity (Wildman–Crippen MR) is 56.7 cm³/mol. The van der Waals surface area contributed by atoms with Crippen LogP contribution < -0.4 is 24.8 Å². The maximum Gasteiger partial charge on any atom is -1.00 e. The normalized spacial score (nSPS) is 16.9. The number of benzene rings is 1. The first-order chi connectivity index (χ1) is 6.83. The van der Waals surface area contributed by atoms with Crippen molar-refractivity contribution in [3.05, 3.63) is 38.7 Å². The second-order valence-electron chi connectivity index (χ2n) is 3.92. The summed E-state index contributed by atoms with van der Waals surface area (Å²) in [5.74, 6) is 0.762. The van der Waals surface area contributed by atoms with Crippen LogP contribution in [0.2, 0.25) is 0 Å². The Balaban J connectivity index is 0.00000112. The van der Waals surface area contributed by atoms with Crippen LogP contribution in [0.3, 0.4) is 0 Å². The second-order valence-corrected chi connectivity index (χ2v) is 6.00. The van der Waals surface area contributed by atoms with Crippen molar-refractivity contribution in [1.82, 2.24) is 0 Å². The molecule has 2 rings (SSSR count). The van der Waals surface area contributed by atoms with Gasteiger partial charge in [0.05, 0.1) is 0 Å². The Labute approximate surface area is 125 Å². The molecule has 0 saturated carbocycles. The first-order valence-corrected chi connectivity index (χ1v) is 7.14.